The number of hydrogen-bond acceptors (Lipinski definition) is 14. The maximum absolute atomic E-state index is 14.0. The fourth-order valence-corrected chi connectivity index (χ4v) is 7.26. The third-order valence-electron chi connectivity index (χ3n) is 11.0. The maximum Gasteiger partial charge on any atom is 0.410 e. The van der Waals surface area contributed by atoms with Gasteiger partial charge in [0.05, 0.1) is 46.2 Å². The molecule has 3 aromatic rings. The van der Waals surface area contributed by atoms with E-state index in [4.69, 9.17) is 37.9 Å². The Morgan fingerprint density at radius 2 is 1.05 bits per heavy atom. The van der Waals surface area contributed by atoms with Crippen LogP contribution in [0.3, 0.4) is 0 Å². The van der Waals surface area contributed by atoms with E-state index >= 15 is 0 Å². The van der Waals surface area contributed by atoms with E-state index in [9.17, 15) is 19.2 Å². The van der Waals surface area contributed by atoms with Crippen molar-refractivity contribution in [3.05, 3.63) is 102 Å². The summed E-state index contributed by atoms with van der Waals surface area (Å²) >= 11 is 0. The molecule has 0 saturated carbocycles. The lowest BCUT2D eigenvalue weighted by atomic mass is 10.0. The van der Waals surface area contributed by atoms with Crippen molar-refractivity contribution >= 4 is 24.1 Å². The summed E-state index contributed by atoms with van der Waals surface area (Å²) in [6, 6.07) is 25.2. The molecule has 0 aromatic heterocycles. The summed E-state index contributed by atoms with van der Waals surface area (Å²) in [4.78, 5) is 62.1. The Morgan fingerprint density at radius 3 is 1.53 bits per heavy atom. The molecule has 2 atom stereocenters. The Balaban J connectivity index is 1.56. The van der Waals surface area contributed by atoms with Crippen molar-refractivity contribution in [1.29, 1.82) is 0 Å². The van der Waals surface area contributed by atoms with E-state index in [0.717, 1.165) is 22.4 Å². The number of hydrogen-bond donors (Lipinski definition) is 0. The third kappa shape index (κ3) is 19.7. The number of carbonyl (C=O) groups excluding carboxylic acids is 4. The topological polar surface area (TPSA) is 155 Å². The normalized spacial score (nSPS) is 15.4. The Morgan fingerprint density at radius 1 is 0.576 bits per heavy atom. The zero-order valence-electron chi connectivity index (χ0n) is 39.9. The number of carbonyl (C=O) groups is 4. The van der Waals surface area contributed by atoms with Crippen LogP contribution in [0.1, 0.15) is 57.2 Å². The Kier molecular flexibility index (Phi) is 23.8. The number of rotatable bonds is 22. The molecule has 1 aliphatic heterocycles. The highest BCUT2D eigenvalue weighted by molar-refractivity contribution is 5.76. The number of esters is 2. The van der Waals surface area contributed by atoms with Crippen LogP contribution in [-0.4, -0.2) is 168 Å². The average molecular weight is 921 g/mol. The van der Waals surface area contributed by atoms with Gasteiger partial charge in [0, 0.05) is 59.0 Å². The van der Waals surface area contributed by atoms with Crippen LogP contribution in [0.25, 0.3) is 0 Å². The molecular formula is C50H72N4O12. The minimum atomic E-state index is -0.846. The summed E-state index contributed by atoms with van der Waals surface area (Å²) in [5.41, 5.74) is 2.19. The van der Waals surface area contributed by atoms with Crippen LogP contribution in [-0.2, 0) is 62.4 Å². The maximum atomic E-state index is 14.0. The summed E-state index contributed by atoms with van der Waals surface area (Å²) in [6.45, 7) is 12.0. The van der Waals surface area contributed by atoms with Gasteiger partial charge in [0.1, 0.15) is 37.7 Å². The van der Waals surface area contributed by atoms with E-state index in [1.54, 1.807) is 9.80 Å². The van der Waals surface area contributed by atoms with Gasteiger partial charge in [-0.05, 0) is 75.8 Å². The first-order valence-electron chi connectivity index (χ1n) is 23.0. The van der Waals surface area contributed by atoms with Crippen molar-refractivity contribution in [3.63, 3.8) is 0 Å². The highest BCUT2D eigenvalue weighted by Gasteiger charge is 2.33. The van der Waals surface area contributed by atoms with Crippen molar-refractivity contribution < 1.29 is 57.1 Å². The second-order valence-electron chi connectivity index (χ2n) is 16.8. The van der Waals surface area contributed by atoms with Crippen molar-refractivity contribution in [3.8, 4) is 5.75 Å². The molecule has 0 N–H and O–H groups in total. The van der Waals surface area contributed by atoms with E-state index in [-0.39, 0.29) is 72.2 Å². The minimum absolute atomic E-state index is 0.0186. The molecule has 1 heterocycles. The largest absolute Gasteiger partial charge is 0.491 e. The smallest absolute Gasteiger partial charge is 0.410 e. The predicted molar refractivity (Wildman–Crippen MR) is 249 cm³/mol. The Labute approximate surface area is 391 Å². The van der Waals surface area contributed by atoms with Crippen molar-refractivity contribution in [2.45, 2.75) is 77.9 Å². The molecule has 0 radical (unpaired) electrons. The number of methoxy groups -OCH3 is 2. The lowest BCUT2D eigenvalue weighted by Crippen LogP contribution is -2.55. The van der Waals surface area contributed by atoms with Crippen LogP contribution in [0.2, 0.25) is 0 Å². The SMILES string of the molecule is CCOCCOCCOc1ccc(CCCC(C(=O)OC)N2CCN(C(=O)OCc3ccccc3)CCN(C(COC(C)(C)C)C(=O)OC)CCN(C(=O)OCc3ccccc3)CC2)cc1. The quantitative estimate of drug-likeness (QED) is 0.0635. The van der Waals surface area contributed by atoms with E-state index in [2.05, 4.69) is 0 Å². The van der Waals surface area contributed by atoms with Crippen molar-refractivity contribution in [1.82, 2.24) is 19.6 Å². The van der Waals surface area contributed by atoms with Gasteiger partial charge >= 0.3 is 24.1 Å². The van der Waals surface area contributed by atoms with Crippen LogP contribution < -0.4 is 4.74 Å². The third-order valence-corrected chi connectivity index (χ3v) is 11.0. The number of benzene rings is 3. The van der Waals surface area contributed by atoms with Gasteiger partial charge < -0.3 is 47.7 Å². The zero-order valence-corrected chi connectivity index (χ0v) is 39.9. The summed E-state index contributed by atoms with van der Waals surface area (Å²) in [6.07, 6.45) is 0.700. The summed E-state index contributed by atoms with van der Waals surface area (Å²) < 4.78 is 45.1. The van der Waals surface area contributed by atoms with E-state index < -0.39 is 41.8 Å². The second-order valence-corrected chi connectivity index (χ2v) is 16.8. The summed E-state index contributed by atoms with van der Waals surface area (Å²) in [7, 11) is 2.69. The predicted octanol–water partition coefficient (Wildman–Crippen LogP) is 6.23. The number of ether oxygens (including phenoxy) is 8. The zero-order chi connectivity index (χ0) is 47.6. The first-order valence-corrected chi connectivity index (χ1v) is 23.0. The molecule has 1 fully saturated rings. The molecule has 16 nitrogen and oxygen atoms in total. The first-order chi connectivity index (χ1) is 31.9. The fourth-order valence-electron chi connectivity index (χ4n) is 7.26. The van der Waals surface area contributed by atoms with Gasteiger partial charge in [-0.2, -0.15) is 0 Å². The average Bonchev–Trinajstić information content (AvgIpc) is 3.32. The summed E-state index contributed by atoms with van der Waals surface area (Å²) in [5.74, 6) is -0.189. The molecule has 1 aliphatic rings. The molecule has 2 amide bonds. The molecule has 1 saturated heterocycles. The number of nitrogens with zero attached hydrogens (tertiary/aromatic N) is 4. The van der Waals surface area contributed by atoms with Gasteiger partial charge in [0.15, 0.2) is 0 Å². The Bertz CT molecular complexity index is 1780. The standard InChI is InChI=1S/C50H72N4O12/c1-7-61-33-34-62-35-36-63-43-23-21-40(22-24-43)19-14-20-44(46(55)59-5)51-25-29-53(48(57)64-37-41-15-10-8-11-16-41)31-27-52(45(47(56)60-6)39-66-50(2,3)4)28-32-54(30-26-51)49(58)65-38-42-17-12-9-13-18-42/h8-13,15-18,21-24,44-45H,7,14,19-20,25-39H2,1-6H3. The number of amides is 2. The Hall–Kier alpha value is -5.26. The number of aryl methyl sites for hydroxylation is 1. The van der Waals surface area contributed by atoms with Gasteiger partial charge in [0.25, 0.3) is 0 Å². The molecule has 16 heteroatoms. The molecule has 2 unspecified atom stereocenters. The van der Waals surface area contributed by atoms with Crippen molar-refractivity contribution in [2.24, 2.45) is 0 Å². The van der Waals surface area contributed by atoms with Crippen LogP contribution in [0, 0.1) is 0 Å². The minimum Gasteiger partial charge on any atom is -0.491 e. The highest BCUT2D eigenvalue weighted by Crippen LogP contribution is 2.19. The molecule has 364 valence electrons. The molecule has 3 aromatic carbocycles. The van der Waals surface area contributed by atoms with Gasteiger partial charge in [-0.1, -0.05) is 72.8 Å². The lowest BCUT2D eigenvalue weighted by Gasteiger charge is -2.38. The van der Waals surface area contributed by atoms with Crippen molar-refractivity contribution in [2.75, 3.05) is 106 Å². The molecule has 0 spiro atoms. The van der Waals surface area contributed by atoms with E-state index in [1.807, 2.05) is 122 Å². The van der Waals surface area contributed by atoms with E-state index in [1.165, 1.54) is 14.2 Å². The van der Waals surface area contributed by atoms with Crippen LogP contribution in [0.4, 0.5) is 9.59 Å². The molecular weight excluding hydrogens is 849 g/mol. The second kappa shape index (κ2) is 29.4. The van der Waals surface area contributed by atoms with Gasteiger partial charge in [-0.25, -0.2) is 9.59 Å². The fraction of sp³-hybridized carbons (Fsp3) is 0.560. The van der Waals surface area contributed by atoms with Gasteiger partial charge in [-0.15, -0.1) is 0 Å². The van der Waals surface area contributed by atoms with Gasteiger partial charge in [0.2, 0.25) is 0 Å². The molecule has 0 bridgehead atoms. The molecule has 4 rings (SSSR count). The lowest BCUT2D eigenvalue weighted by molar-refractivity contribution is -0.152. The monoisotopic (exact) mass is 921 g/mol. The molecule has 0 aliphatic carbocycles. The molecule has 66 heavy (non-hydrogen) atoms. The van der Waals surface area contributed by atoms with Crippen LogP contribution in [0.15, 0.2) is 84.9 Å². The van der Waals surface area contributed by atoms with Gasteiger partial charge in [-0.3, -0.25) is 19.4 Å². The first kappa shape index (κ1) is 53.4. The summed E-state index contributed by atoms with van der Waals surface area (Å²) in [5, 5.41) is 0. The van der Waals surface area contributed by atoms with Crippen LogP contribution in [0.5, 0.6) is 5.75 Å². The highest BCUT2D eigenvalue weighted by atomic mass is 16.6. The van der Waals surface area contributed by atoms with Crippen LogP contribution >= 0.6 is 0 Å². The van der Waals surface area contributed by atoms with E-state index in [0.29, 0.717) is 52.3 Å².